The summed E-state index contributed by atoms with van der Waals surface area (Å²) in [6.07, 6.45) is -0.426. The highest BCUT2D eigenvalue weighted by molar-refractivity contribution is 4.97. The summed E-state index contributed by atoms with van der Waals surface area (Å²) >= 11 is 0. The molecule has 0 aliphatic rings. The molecule has 5 nitrogen and oxygen atoms in total. The summed E-state index contributed by atoms with van der Waals surface area (Å²) in [5, 5.41) is 20.8. The first-order valence-corrected chi connectivity index (χ1v) is 4.44. The van der Waals surface area contributed by atoms with E-state index in [1.54, 1.807) is 18.7 Å². The van der Waals surface area contributed by atoms with Gasteiger partial charge in [-0.2, -0.15) is 0 Å². The Balaban J connectivity index is 2.95. The highest BCUT2D eigenvalue weighted by Gasteiger charge is 2.25. The lowest BCUT2D eigenvalue weighted by molar-refractivity contribution is 0.133. The van der Waals surface area contributed by atoms with E-state index in [1.165, 1.54) is 0 Å². The van der Waals surface area contributed by atoms with Crippen molar-refractivity contribution in [1.29, 1.82) is 0 Å². The van der Waals surface area contributed by atoms with Crippen molar-refractivity contribution in [3.8, 4) is 0 Å². The van der Waals surface area contributed by atoms with Crippen LogP contribution in [0.3, 0.4) is 0 Å². The van der Waals surface area contributed by atoms with Gasteiger partial charge in [0.25, 0.3) is 0 Å². The van der Waals surface area contributed by atoms with Crippen LogP contribution in [0.1, 0.15) is 32.5 Å². The van der Waals surface area contributed by atoms with Gasteiger partial charge in [-0.1, -0.05) is 13.8 Å². The van der Waals surface area contributed by atoms with Crippen molar-refractivity contribution in [3.05, 3.63) is 5.82 Å². The summed E-state index contributed by atoms with van der Waals surface area (Å²) in [6, 6.07) is 0. The third-order valence-corrected chi connectivity index (χ3v) is 2.19. The SMILES string of the molecule is CC(C)C(c1nnnn1C)C(C)O. The van der Waals surface area contributed by atoms with Gasteiger partial charge in [0, 0.05) is 13.0 Å². The minimum atomic E-state index is -0.426. The van der Waals surface area contributed by atoms with Gasteiger partial charge >= 0.3 is 0 Å². The van der Waals surface area contributed by atoms with Gasteiger partial charge in [0.2, 0.25) is 0 Å². The van der Waals surface area contributed by atoms with Gasteiger partial charge in [0.05, 0.1) is 6.10 Å². The Morgan fingerprint density at radius 2 is 1.92 bits per heavy atom. The van der Waals surface area contributed by atoms with E-state index in [0.717, 1.165) is 5.82 Å². The van der Waals surface area contributed by atoms with Gasteiger partial charge in [0.15, 0.2) is 5.82 Å². The third kappa shape index (κ3) is 2.03. The van der Waals surface area contributed by atoms with Gasteiger partial charge in [-0.15, -0.1) is 5.10 Å². The smallest absolute Gasteiger partial charge is 0.156 e. The van der Waals surface area contributed by atoms with Crippen LogP contribution in [0.25, 0.3) is 0 Å². The van der Waals surface area contributed by atoms with Crippen LogP contribution in [0.5, 0.6) is 0 Å². The number of aryl methyl sites for hydroxylation is 1. The Morgan fingerprint density at radius 1 is 1.31 bits per heavy atom. The summed E-state index contributed by atoms with van der Waals surface area (Å²) in [6.45, 7) is 5.86. The van der Waals surface area contributed by atoms with E-state index in [-0.39, 0.29) is 5.92 Å². The molecule has 5 heteroatoms. The fourth-order valence-corrected chi connectivity index (χ4v) is 1.59. The predicted molar refractivity (Wildman–Crippen MR) is 48.1 cm³/mol. The number of rotatable bonds is 3. The molecule has 0 saturated heterocycles. The molecule has 0 aliphatic heterocycles. The van der Waals surface area contributed by atoms with E-state index < -0.39 is 6.10 Å². The molecule has 0 fully saturated rings. The summed E-state index contributed by atoms with van der Waals surface area (Å²) < 4.78 is 1.61. The fraction of sp³-hybridized carbons (Fsp3) is 0.875. The number of hydrogen-bond acceptors (Lipinski definition) is 4. The van der Waals surface area contributed by atoms with Crippen LogP contribution >= 0.6 is 0 Å². The molecule has 1 rings (SSSR count). The summed E-state index contributed by atoms with van der Waals surface area (Å²) in [5.41, 5.74) is 0. The molecule has 0 spiro atoms. The Hall–Kier alpha value is -0.970. The summed E-state index contributed by atoms with van der Waals surface area (Å²) in [4.78, 5) is 0. The van der Waals surface area contributed by atoms with E-state index in [2.05, 4.69) is 15.5 Å². The molecule has 1 aromatic rings. The first kappa shape index (κ1) is 10.1. The Kier molecular flexibility index (Phi) is 2.98. The monoisotopic (exact) mass is 184 g/mol. The van der Waals surface area contributed by atoms with E-state index in [1.807, 2.05) is 13.8 Å². The van der Waals surface area contributed by atoms with E-state index in [4.69, 9.17) is 0 Å². The van der Waals surface area contributed by atoms with Crippen LogP contribution in [0.4, 0.5) is 0 Å². The molecule has 0 bridgehead atoms. The molecule has 1 aromatic heterocycles. The predicted octanol–water partition coefficient (Wildman–Crippen LogP) is 0.331. The molecule has 2 atom stereocenters. The van der Waals surface area contributed by atoms with Crippen LogP contribution in [0.2, 0.25) is 0 Å². The zero-order chi connectivity index (χ0) is 10.0. The Morgan fingerprint density at radius 3 is 2.23 bits per heavy atom. The van der Waals surface area contributed by atoms with Crippen LogP contribution < -0.4 is 0 Å². The number of hydrogen-bond donors (Lipinski definition) is 1. The van der Waals surface area contributed by atoms with Gasteiger partial charge in [-0.05, 0) is 23.3 Å². The van der Waals surface area contributed by atoms with Gasteiger partial charge in [-0.3, -0.25) is 0 Å². The molecule has 74 valence electrons. The number of aromatic nitrogens is 4. The molecule has 0 aliphatic carbocycles. The van der Waals surface area contributed by atoms with Gasteiger partial charge < -0.3 is 5.11 Å². The first-order valence-electron chi connectivity index (χ1n) is 4.44. The molecule has 0 radical (unpaired) electrons. The zero-order valence-electron chi connectivity index (χ0n) is 8.47. The maximum atomic E-state index is 9.57. The lowest BCUT2D eigenvalue weighted by atomic mass is 9.90. The number of tetrazole rings is 1. The van der Waals surface area contributed by atoms with Crippen molar-refractivity contribution in [1.82, 2.24) is 20.2 Å². The van der Waals surface area contributed by atoms with Crippen LogP contribution in [0.15, 0.2) is 0 Å². The largest absolute Gasteiger partial charge is 0.393 e. The third-order valence-electron chi connectivity index (χ3n) is 2.19. The number of aliphatic hydroxyl groups excluding tert-OH is 1. The highest BCUT2D eigenvalue weighted by atomic mass is 16.3. The fourth-order valence-electron chi connectivity index (χ4n) is 1.59. The van der Waals surface area contributed by atoms with Crippen molar-refractivity contribution in [2.75, 3.05) is 0 Å². The average Bonchev–Trinajstić information content (AvgIpc) is 2.35. The lowest BCUT2D eigenvalue weighted by Crippen LogP contribution is -2.23. The minimum Gasteiger partial charge on any atom is -0.393 e. The first-order chi connectivity index (χ1) is 6.04. The zero-order valence-corrected chi connectivity index (χ0v) is 8.47. The second-order valence-corrected chi connectivity index (χ2v) is 3.67. The van der Waals surface area contributed by atoms with Crippen LogP contribution in [-0.2, 0) is 7.05 Å². The quantitative estimate of drug-likeness (QED) is 0.735. The Labute approximate surface area is 77.8 Å². The molecule has 1 N–H and O–H groups in total. The second-order valence-electron chi connectivity index (χ2n) is 3.67. The van der Waals surface area contributed by atoms with Crippen molar-refractivity contribution < 1.29 is 5.11 Å². The summed E-state index contributed by atoms with van der Waals surface area (Å²) in [7, 11) is 1.78. The molecule has 2 unspecified atom stereocenters. The van der Waals surface area contributed by atoms with Gasteiger partial charge in [0.1, 0.15) is 0 Å². The average molecular weight is 184 g/mol. The molecule has 1 heterocycles. The van der Waals surface area contributed by atoms with Crippen molar-refractivity contribution in [2.24, 2.45) is 13.0 Å². The van der Waals surface area contributed by atoms with E-state index in [0.29, 0.717) is 5.92 Å². The number of aliphatic hydroxyl groups is 1. The van der Waals surface area contributed by atoms with Crippen molar-refractivity contribution in [2.45, 2.75) is 32.8 Å². The Bertz CT molecular complexity index is 261. The van der Waals surface area contributed by atoms with Crippen LogP contribution in [0, 0.1) is 5.92 Å². The number of nitrogens with zero attached hydrogens (tertiary/aromatic N) is 4. The molecular weight excluding hydrogens is 168 g/mol. The molecule has 0 aromatic carbocycles. The molecule has 0 saturated carbocycles. The topological polar surface area (TPSA) is 63.8 Å². The van der Waals surface area contributed by atoms with Crippen LogP contribution in [-0.4, -0.2) is 31.4 Å². The van der Waals surface area contributed by atoms with Crippen molar-refractivity contribution in [3.63, 3.8) is 0 Å². The summed E-state index contributed by atoms with van der Waals surface area (Å²) in [5.74, 6) is 1.06. The lowest BCUT2D eigenvalue weighted by Gasteiger charge is -2.21. The highest BCUT2D eigenvalue weighted by Crippen LogP contribution is 2.24. The van der Waals surface area contributed by atoms with E-state index in [9.17, 15) is 5.11 Å². The normalized spacial score (nSPS) is 16.2. The second kappa shape index (κ2) is 3.83. The van der Waals surface area contributed by atoms with Crippen molar-refractivity contribution >= 4 is 0 Å². The minimum absolute atomic E-state index is 0.000000000000000222. The standard InChI is InChI=1S/C8H16N4O/c1-5(2)7(6(3)13)8-9-10-11-12(8)4/h5-7,13H,1-4H3. The maximum Gasteiger partial charge on any atom is 0.156 e. The maximum absolute atomic E-state index is 9.57. The molecule has 0 amide bonds. The molecular formula is C8H16N4O. The van der Waals surface area contributed by atoms with Gasteiger partial charge in [-0.25, -0.2) is 4.68 Å². The molecule has 13 heavy (non-hydrogen) atoms. The van der Waals surface area contributed by atoms with E-state index >= 15 is 0 Å².